The lowest BCUT2D eigenvalue weighted by Crippen LogP contribution is -2.42. The van der Waals surface area contributed by atoms with Gasteiger partial charge in [0.15, 0.2) is 0 Å². The van der Waals surface area contributed by atoms with Crippen molar-refractivity contribution < 1.29 is 14.4 Å². The van der Waals surface area contributed by atoms with Gasteiger partial charge < -0.3 is 14.4 Å². The molecule has 0 radical (unpaired) electrons. The fraction of sp³-hybridized carbons (Fsp3) is 0.471. The van der Waals surface area contributed by atoms with Crippen molar-refractivity contribution in [3.63, 3.8) is 0 Å². The Balaban J connectivity index is 1.59. The zero-order valence-electron chi connectivity index (χ0n) is 13.0. The second-order valence-corrected chi connectivity index (χ2v) is 5.95. The zero-order chi connectivity index (χ0) is 15.5. The average Bonchev–Trinajstić information content (AvgIpc) is 3.07. The van der Waals surface area contributed by atoms with Gasteiger partial charge in [-0.3, -0.25) is 4.90 Å². The zero-order valence-corrected chi connectivity index (χ0v) is 13.0. The number of aliphatic hydroxyl groups excluding tert-OH is 1. The van der Waals surface area contributed by atoms with Crippen molar-refractivity contribution in [1.29, 1.82) is 0 Å². The van der Waals surface area contributed by atoms with Crippen LogP contribution in [0, 0.1) is 6.92 Å². The molecule has 0 unspecified atom stereocenters. The predicted octanol–water partition coefficient (Wildman–Crippen LogP) is 2.39. The first-order chi connectivity index (χ1) is 10.6. The summed E-state index contributed by atoms with van der Waals surface area (Å²) in [5.74, 6) is 1.61. The summed E-state index contributed by atoms with van der Waals surface area (Å²) in [6.45, 7) is 2.54. The molecule has 3 atom stereocenters. The van der Waals surface area contributed by atoms with Crippen molar-refractivity contribution in [3.8, 4) is 5.75 Å². The number of hydrogen-bond donors (Lipinski definition) is 1. The standard InChI is InChI=1S/C17H22N2O3/c1-12-10-13(18-22-12)11-19(2)15-8-9-16(17(15)20)21-14-6-4-3-5-7-14/h3-7,10,15-17,20H,8-9,11H2,1-2H3/t15-,16+,17+/m1/s1. The Kier molecular flexibility index (Phi) is 4.45. The highest BCUT2D eigenvalue weighted by Gasteiger charge is 2.38. The fourth-order valence-electron chi connectivity index (χ4n) is 3.07. The van der Waals surface area contributed by atoms with E-state index in [-0.39, 0.29) is 12.1 Å². The van der Waals surface area contributed by atoms with E-state index in [1.54, 1.807) is 0 Å². The van der Waals surface area contributed by atoms with Gasteiger partial charge in [-0.15, -0.1) is 0 Å². The van der Waals surface area contributed by atoms with Crippen molar-refractivity contribution in [3.05, 3.63) is 47.9 Å². The first-order valence-electron chi connectivity index (χ1n) is 7.65. The Morgan fingerprint density at radius 2 is 2.09 bits per heavy atom. The first kappa shape index (κ1) is 15.1. The smallest absolute Gasteiger partial charge is 0.133 e. The molecule has 1 aromatic carbocycles. The van der Waals surface area contributed by atoms with Gasteiger partial charge in [0, 0.05) is 18.7 Å². The molecular weight excluding hydrogens is 280 g/mol. The van der Waals surface area contributed by atoms with Crippen LogP contribution in [0.15, 0.2) is 40.9 Å². The summed E-state index contributed by atoms with van der Waals surface area (Å²) in [4.78, 5) is 2.12. The van der Waals surface area contributed by atoms with E-state index in [2.05, 4.69) is 10.1 Å². The third-order valence-electron chi connectivity index (χ3n) is 4.21. The number of likely N-dealkylation sites (N-methyl/N-ethyl adjacent to an activating group) is 1. The monoisotopic (exact) mass is 302 g/mol. The van der Waals surface area contributed by atoms with Gasteiger partial charge in [0.05, 0.1) is 5.69 Å². The van der Waals surface area contributed by atoms with Crippen molar-refractivity contribution >= 4 is 0 Å². The highest BCUT2D eigenvalue weighted by Crippen LogP contribution is 2.28. The molecule has 0 spiro atoms. The molecule has 1 aliphatic rings. The minimum atomic E-state index is -0.502. The van der Waals surface area contributed by atoms with Crippen molar-refractivity contribution in [2.45, 2.75) is 44.6 Å². The maximum atomic E-state index is 10.6. The molecule has 3 rings (SSSR count). The molecule has 0 bridgehead atoms. The highest BCUT2D eigenvalue weighted by atomic mass is 16.5. The van der Waals surface area contributed by atoms with Crippen molar-refractivity contribution in [1.82, 2.24) is 10.1 Å². The average molecular weight is 302 g/mol. The lowest BCUT2D eigenvalue weighted by molar-refractivity contribution is 0.0148. The minimum absolute atomic E-state index is 0.0747. The topological polar surface area (TPSA) is 58.7 Å². The van der Waals surface area contributed by atoms with Crippen LogP contribution in [0.4, 0.5) is 0 Å². The normalized spacial score (nSPS) is 24.8. The maximum absolute atomic E-state index is 10.6. The van der Waals surface area contributed by atoms with E-state index in [1.807, 2.05) is 50.4 Å². The summed E-state index contributed by atoms with van der Waals surface area (Å²) in [6, 6.07) is 11.7. The summed E-state index contributed by atoms with van der Waals surface area (Å²) in [5, 5.41) is 14.6. The predicted molar refractivity (Wildman–Crippen MR) is 82.6 cm³/mol. The van der Waals surface area contributed by atoms with E-state index >= 15 is 0 Å². The molecule has 0 amide bonds. The Morgan fingerprint density at radius 1 is 1.32 bits per heavy atom. The molecule has 1 saturated carbocycles. The van der Waals surface area contributed by atoms with Crippen LogP contribution in [0.5, 0.6) is 5.75 Å². The summed E-state index contributed by atoms with van der Waals surface area (Å²) < 4.78 is 11.0. The molecule has 1 fully saturated rings. The molecule has 1 aromatic heterocycles. The largest absolute Gasteiger partial charge is 0.488 e. The molecule has 1 heterocycles. The molecule has 2 aromatic rings. The number of nitrogens with zero attached hydrogens (tertiary/aromatic N) is 2. The molecule has 1 N–H and O–H groups in total. The van der Waals surface area contributed by atoms with Gasteiger partial charge in [0.2, 0.25) is 0 Å². The first-order valence-corrected chi connectivity index (χ1v) is 7.65. The number of aryl methyl sites for hydroxylation is 1. The lowest BCUT2D eigenvalue weighted by Gasteiger charge is -2.28. The second-order valence-electron chi connectivity index (χ2n) is 5.95. The van der Waals surface area contributed by atoms with E-state index in [0.717, 1.165) is 30.0 Å². The number of ether oxygens (including phenoxy) is 1. The SMILES string of the molecule is Cc1cc(CN(C)[C@@H]2CC[C@H](Oc3ccccc3)[C@H]2O)no1. The molecule has 1 aliphatic carbocycles. The number of rotatable bonds is 5. The molecule has 0 aliphatic heterocycles. The van der Waals surface area contributed by atoms with Gasteiger partial charge in [0.25, 0.3) is 0 Å². The Hall–Kier alpha value is -1.85. The van der Waals surface area contributed by atoms with Crippen LogP contribution < -0.4 is 4.74 Å². The van der Waals surface area contributed by atoms with E-state index in [4.69, 9.17) is 9.26 Å². The summed E-state index contributed by atoms with van der Waals surface area (Å²) in [6.07, 6.45) is 1.10. The Bertz CT molecular complexity index is 599. The summed E-state index contributed by atoms with van der Waals surface area (Å²) in [5.41, 5.74) is 0.889. The summed E-state index contributed by atoms with van der Waals surface area (Å²) >= 11 is 0. The van der Waals surface area contributed by atoms with Gasteiger partial charge in [-0.05, 0) is 38.9 Å². The van der Waals surface area contributed by atoms with E-state index < -0.39 is 6.10 Å². The van der Waals surface area contributed by atoms with Crippen LogP contribution in [0.1, 0.15) is 24.3 Å². The van der Waals surface area contributed by atoms with Crippen LogP contribution >= 0.6 is 0 Å². The van der Waals surface area contributed by atoms with E-state index in [9.17, 15) is 5.11 Å². The molecule has 0 saturated heterocycles. The third kappa shape index (κ3) is 3.31. The van der Waals surface area contributed by atoms with Gasteiger partial charge in [-0.2, -0.15) is 0 Å². The molecule has 5 nitrogen and oxygen atoms in total. The number of benzene rings is 1. The minimum Gasteiger partial charge on any atom is -0.488 e. The Morgan fingerprint density at radius 3 is 2.77 bits per heavy atom. The Labute approximate surface area is 130 Å². The highest BCUT2D eigenvalue weighted by molar-refractivity contribution is 5.21. The fourth-order valence-corrected chi connectivity index (χ4v) is 3.07. The van der Waals surface area contributed by atoms with Gasteiger partial charge in [0.1, 0.15) is 23.7 Å². The van der Waals surface area contributed by atoms with Crippen molar-refractivity contribution in [2.75, 3.05) is 7.05 Å². The van der Waals surface area contributed by atoms with Crippen LogP contribution in [0.25, 0.3) is 0 Å². The van der Waals surface area contributed by atoms with Gasteiger partial charge >= 0.3 is 0 Å². The van der Waals surface area contributed by atoms with Gasteiger partial charge in [-0.25, -0.2) is 0 Å². The summed E-state index contributed by atoms with van der Waals surface area (Å²) in [7, 11) is 2.00. The van der Waals surface area contributed by atoms with Gasteiger partial charge in [-0.1, -0.05) is 23.4 Å². The third-order valence-corrected chi connectivity index (χ3v) is 4.21. The maximum Gasteiger partial charge on any atom is 0.133 e. The number of para-hydroxylation sites is 1. The number of aliphatic hydroxyl groups is 1. The second kappa shape index (κ2) is 6.50. The molecule has 118 valence electrons. The number of aromatic nitrogens is 1. The molecule has 22 heavy (non-hydrogen) atoms. The van der Waals surface area contributed by atoms with Crippen LogP contribution in [-0.2, 0) is 6.54 Å². The molecular formula is C17H22N2O3. The quantitative estimate of drug-likeness (QED) is 0.919. The lowest BCUT2D eigenvalue weighted by atomic mass is 10.1. The van der Waals surface area contributed by atoms with Crippen LogP contribution in [-0.4, -0.2) is 40.5 Å². The van der Waals surface area contributed by atoms with Crippen LogP contribution in [0.2, 0.25) is 0 Å². The van der Waals surface area contributed by atoms with E-state index in [0.29, 0.717) is 6.54 Å². The van der Waals surface area contributed by atoms with E-state index in [1.165, 1.54) is 0 Å². The number of hydrogen-bond acceptors (Lipinski definition) is 5. The molecule has 5 heteroatoms. The van der Waals surface area contributed by atoms with Crippen LogP contribution in [0.3, 0.4) is 0 Å². The van der Waals surface area contributed by atoms with Crippen molar-refractivity contribution in [2.24, 2.45) is 0 Å².